The third kappa shape index (κ3) is 3.44. The molecule has 2 unspecified atom stereocenters. The number of halogens is 2. The quantitative estimate of drug-likeness (QED) is 0.824. The summed E-state index contributed by atoms with van der Waals surface area (Å²) in [5.74, 6) is 1.02. The van der Waals surface area contributed by atoms with Gasteiger partial charge >= 0.3 is 0 Å². The molecule has 0 radical (unpaired) electrons. The average Bonchev–Trinajstić information content (AvgIpc) is 2.38. The first-order chi connectivity index (χ1) is 8.66. The van der Waals surface area contributed by atoms with Gasteiger partial charge in [0.05, 0.1) is 0 Å². The maximum atomic E-state index is 12.3. The van der Waals surface area contributed by atoms with Crippen molar-refractivity contribution >= 4 is 0 Å². The zero-order chi connectivity index (χ0) is 13.0. The minimum Gasteiger partial charge on any atom is -0.508 e. The van der Waals surface area contributed by atoms with Crippen LogP contribution < -0.4 is 0 Å². The van der Waals surface area contributed by atoms with Gasteiger partial charge in [-0.3, -0.25) is 0 Å². The summed E-state index contributed by atoms with van der Waals surface area (Å²) < 4.78 is 24.7. The Morgan fingerprint density at radius 1 is 1.11 bits per heavy atom. The highest BCUT2D eigenvalue weighted by Crippen LogP contribution is 2.40. The van der Waals surface area contributed by atoms with Gasteiger partial charge in [0, 0.05) is 6.42 Å². The van der Waals surface area contributed by atoms with Crippen LogP contribution in [0.5, 0.6) is 5.75 Å². The van der Waals surface area contributed by atoms with Crippen molar-refractivity contribution in [3.8, 4) is 5.75 Å². The van der Waals surface area contributed by atoms with Crippen LogP contribution in [-0.4, -0.2) is 11.5 Å². The van der Waals surface area contributed by atoms with E-state index >= 15 is 0 Å². The van der Waals surface area contributed by atoms with E-state index in [4.69, 9.17) is 0 Å². The van der Waals surface area contributed by atoms with Crippen molar-refractivity contribution in [2.45, 2.75) is 50.9 Å². The Morgan fingerprint density at radius 3 is 2.44 bits per heavy atom. The summed E-state index contributed by atoms with van der Waals surface area (Å²) in [6.07, 6.45) is 2.91. The Kier molecular flexibility index (Phi) is 4.56. The molecule has 2 atom stereocenters. The van der Waals surface area contributed by atoms with Gasteiger partial charge < -0.3 is 5.11 Å². The molecule has 3 heteroatoms. The van der Waals surface area contributed by atoms with Crippen molar-refractivity contribution in [1.29, 1.82) is 0 Å². The molecule has 0 amide bonds. The van der Waals surface area contributed by atoms with Crippen molar-refractivity contribution in [1.82, 2.24) is 0 Å². The molecule has 1 N–H and O–H groups in total. The molecular weight excluding hydrogens is 234 g/mol. The minimum absolute atomic E-state index is 0.0131. The van der Waals surface area contributed by atoms with E-state index in [2.05, 4.69) is 0 Å². The Balaban J connectivity index is 2.05. The fourth-order valence-corrected chi connectivity index (χ4v) is 3.05. The van der Waals surface area contributed by atoms with Gasteiger partial charge in [-0.2, -0.15) is 0 Å². The standard InChI is InChI=1S/C15H20F2O/c16-15(17)10-7-11-3-1-2-4-14(11)12-5-8-13(18)9-6-12/h5-6,8-9,11,14-15,18H,1-4,7,10H2. The van der Waals surface area contributed by atoms with E-state index in [0.717, 1.165) is 19.3 Å². The van der Waals surface area contributed by atoms with Gasteiger partial charge in [-0.05, 0) is 48.8 Å². The summed E-state index contributed by atoms with van der Waals surface area (Å²) in [7, 11) is 0. The van der Waals surface area contributed by atoms with E-state index in [1.54, 1.807) is 12.1 Å². The van der Waals surface area contributed by atoms with Crippen molar-refractivity contribution in [2.24, 2.45) is 5.92 Å². The van der Waals surface area contributed by atoms with Crippen LogP contribution in [0, 0.1) is 5.92 Å². The highest BCUT2D eigenvalue weighted by molar-refractivity contribution is 5.29. The van der Waals surface area contributed by atoms with Crippen LogP contribution in [0.1, 0.15) is 50.0 Å². The molecule has 0 heterocycles. The first-order valence-corrected chi connectivity index (χ1v) is 6.74. The molecule has 0 bridgehead atoms. The summed E-state index contributed by atoms with van der Waals surface area (Å²) in [4.78, 5) is 0. The lowest BCUT2D eigenvalue weighted by atomic mass is 9.73. The smallest absolute Gasteiger partial charge is 0.238 e. The second-order valence-corrected chi connectivity index (χ2v) is 5.21. The third-order valence-electron chi connectivity index (χ3n) is 3.99. The monoisotopic (exact) mass is 254 g/mol. The molecule has 0 spiro atoms. The van der Waals surface area contributed by atoms with E-state index in [-0.39, 0.29) is 12.2 Å². The highest BCUT2D eigenvalue weighted by Gasteiger charge is 2.26. The highest BCUT2D eigenvalue weighted by atomic mass is 19.3. The molecule has 1 fully saturated rings. The molecule has 1 aromatic rings. The van der Waals surface area contributed by atoms with Crippen LogP contribution >= 0.6 is 0 Å². The van der Waals surface area contributed by atoms with E-state index in [0.29, 0.717) is 18.3 Å². The molecule has 1 aliphatic rings. The van der Waals surface area contributed by atoms with Gasteiger partial charge in [0.2, 0.25) is 6.43 Å². The zero-order valence-corrected chi connectivity index (χ0v) is 10.5. The number of hydrogen-bond donors (Lipinski definition) is 1. The molecule has 1 aromatic carbocycles. The molecule has 0 saturated heterocycles. The number of hydrogen-bond acceptors (Lipinski definition) is 1. The summed E-state index contributed by atoms with van der Waals surface area (Å²) >= 11 is 0. The number of aromatic hydroxyl groups is 1. The number of phenolic OH excluding ortho intramolecular Hbond substituents is 1. The van der Waals surface area contributed by atoms with Crippen molar-refractivity contribution < 1.29 is 13.9 Å². The molecule has 0 aromatic heterocycles. The van der Waals surface area contributed by atoms with Crippen LogP contribution in [0.2, 0.25) is 0 Å². The average molecular weight is 254 g/mol. The molecule has 0 aliphatic heterocycles. The largest absolute Gasteiger partial charge is 0.508 e. The minimum atomic E-state index is -2.19. The predicted molar refractivity (Wildman–Crippen MR) is 68.0 cm³/mol. The normalized spacial score (nSPS) is 24.4. The molecule has 1 nitrogen and oxygen atoms in total. The van der Waals surface area contributed by atoms with E-state index in [1.807, 2.05) is 12.1 Å². The Morgan fingerprint density at radius 2 is 1.78 bits per heavy atom. The van der Waals surface area contributed by atoms with Crippen LogP contribution in [-0.2, 0) is 0 Å². The van der Waals surface area contributed by atoms with Gasteiger partial charge in [0.15, 0.2) is 0 Å². The van der Waals surface area contributed by atoms with Gasteiger partial charge in [0.1, 0.15) is 5.75 Å². The van der Waals surface area contributed by atoms with Crippen LogP contribution in [0.4, 0.5) is 8.78 Å². The fourth-order valence-electron chi connectivity index (χ4n) is 3.05. The first kappa shape index (κ1) is 13.3. The molecule has 1 saturated carbocycles. The SMILES string of the molecule is Oc1ccc(C2CCCCC2CCC(F)F)cc1. The van der Waals surface area contributed by atoms with E-state index < -0.39 is 6.43 Å². The first-order valence-electron chi connectivity index (χ1n) is 6.74. The van der Waals surface area contributed by atoms with Crippen molar-refractivity contribution in [3.05, 3.63) is 29.8 Å². The van der Waals surface area contributed by atoms with E-state index in [9.17, 15) is 13.9 Å². The fraction of sp³-hybridized carbons (Fsp3) is 0.600. The Hall–Kier alpha value is -1.12. The topological polar surface area (TPSA) is 20.2 Å². The van der Waals surface area contributed by atoms with Crippen LogP contribution in [0.15, 0.2) is 24.3 Å². The predicted octanol–water partition coefficient (Wildman–Crippen LogP) is 4.71. The van der Waals surface area contributed by atoms with Gasteiger partial charge in [0.25, 0.3) is 0 Å². The van der Waals surface area contributed by atoms with Gasteiger partial charge in [-0.25, -0.2) is 8.78 Å². The second-order valence-electron chi connectivity index (χ2n) is 5.21. The molecule has 1 aliphatic carbocycles. The summed E-state index contributed by atoms with van der Waals surface area (Å²) in [5, 5.41) is 9.30. The van der Waals surface area contributed by atoms with E-state index in [1.165, 1.54) is 12.0 Å². The number of rotatable bonds is 4. The number of alkyl halides is 2. The molecular formula is C15H20F2O. The lowest BCUT2D eigenvalue weighted by Crippen LogP contribution is -2.18. The Bertz CT molecular complexity index is 361. The van der Waals surface area contributed by atoms with Crippen LogP contribution in [0.25, 0.3) is 0 Å². The lowest BCUT2D eigenvalue weighted by Gasteiger charge is -2.32. The van der Waals surface area contributed by atoms with Gasteiger partial charge in [-0.1, -0.05) is 25.0 Å². The second kappa shape index (κ2) is 6.17. The molecule has 2 rings (SSSR count). The van der Waals surface area contributed by atoms with Crippen molar-refractivity contribution in [3.63, 3.8) is 0 Å². The Labute approximate surface area is 107 Å². The zero-order valence-electron chi connectivity index (χ0n) is 10.5. The molecule has 18 heavy (non-hydrogen) atoms. The maximum Gasteiger partial charge on any atom is 0.238 e. The van der Waals surface area contributed by atoms with Gasteiger partial charge in [-0.15, -0.1) is 0 Å². The third-order valence-corrected chi connectivity index (χ3v) is 3.99. The molecule has 100 valence electrons. The summed E-state index contributed by atoms with van der Waals surface area (Å²) in [5.41, 5.74) is 1.19. The number of benzene rings is 1. The number of phenols is 1. The summed E-state index contributed by atoms with van der Waals surface area (Å²) in [6, 6.07) is 7.24. The lowest BCUT2D eigenvalue weighted by molar-refractivity contribution is 0.120. The maximum absolute atomic E-state index is 12.3. The summed E-state index contributed by atoms with van der Waals surface area (Å²) in [6.45, 7) is 0. The van der Waals surface area contributed by atoms with Crippen LogP contribution in [0.3, 0.4) is 0 Å². The van der Waals surface area contributed by atoms with Crippen molar-refractivity contribution in [2.75, 3.05) is 0 Å².